The second-order valence-electron chi connectivity index (χ2n) is 8.34. The van der Waals surface area contributed by atoms with E-state index in [1.165, 1.54) is 0 Å². The van der Waals surface area contributed by atoms with Crippen LogP contribution in [-0.4, -0.2) is 28.8 Å². The van der Waals surface area contributed by atoms with E-state index in [9.17, 15) is 9.59 Å². The van der Waals surface area contributed by atoms with Crippen molar-refractivity contribution in [2.75, 3.05) is 0 Å². The third-order valence-corrected chi connectivity index (χ3v) is 6.21. The summed E-state index contributed by atoms with van der Waals surface area (Å²) in [4.78, 5) is 28.8. The molecule has 2 atom stereocenters. The van der Waals surface area contributed by atoms with Gasteiger partial charge in [-0.25, -0.2) is 0 Å². The molecule has 0 bridgehead atoms. The zero-order valence-corrected chi connectivity index (χ0v) is 20.8. The van der Waals surface area contributed by atoms with Crippen LogP contribution in [0.15, 0.2) is 89.4 Å². The van der Waals surface area contributed by atoms with Gasteiger partial charge in [-0.3, -0.25) is 9.59 Å². The van der Waals surface area contributed by atoms with Crippen LogP contribution in [0, 0.1) is 0 Å². The molecule has 0 aliphatic heterocycles. The summed E-state index contributed by atoms with van der Waals surface area (Å²) in [6.07, 6.45) is 1.53. The van der Waals surface area contributed by atoms with Crippen molar-refractivity contribution < 1.29 is 9.59 Å². The van der Waals surface area contributed by atoms with Crippen LogP contribution >= 0.6 is 15.9 Å². The molecule has 172 valence electrons. The van der Waals surface area contributed by atoms with Crippen LogP contribution in [0.4, 0.5) is 0 Å². The minimum atomic E-state index is -0.614. The number of carbonyl (C=O) groups is 2. The maximum atomic E-state index is 13.6. The molecule has 3 aromatic rings. The zero-order chi connectivity index (χ0) is 23.6. The fourth-order valence-electron chi connectivity index (χ4n) is 3.70. The molecule has 0 aliphatic carbocycles. The number of amides is 2. The molecule has 0 radical (unpaired) electrons. The Balaban J connectivity index is 1.96. The minimum absolute atomic E-state index is 0.0349. The first kappa shape index (κ1) is 24.7. The lowest BCUT2D eigenvalue weighted by atomic mass is 10.0. The van der Waals surface area contributed by atoms with E-state index in [2.05, 4.69) is 21.2 Å². The van der Waals surface area contributed by atoms with Gasteiger partial charge in [0.05, 0.1) is 6.42 Å². The van der Waals surface area contributed by atoms with Gasteiger partial charge in [0.25, 0.3) is 0 Å². The summed E-state index contributed by atoms with van der Waals surface area (Å²) in [5, 5.41) is 3.10. The van der Waals surface area contributed by atoms with Crippen LogP contribution in [0.25, 0.3) is 0 Å². The summed E-state index contributed by atoms with van der Waals surface area (Å²) in [6.45, 7) is 4.38. The van der Waals surface area contributed by atoms with Crippen molar-refractivity contribution in [2.45, 2.75) is 51.7 Å². The van der Waals surface area contributed by atoms with Gasteiger partial charge >= 0.3 is 0 Å². The van der Waals surface area contributed by atoms with Gasteiger partial charge in [0.1, 0.15) is 6.04 Å². The predicted octanol–water partition coefficient (Wildman–Crippen LogP) is 5.55. The van der Waals surface area contributed by atoms with Gasteiger partial charge in [0.15, 0.2) is 0 Å². The van der Waals surface area contributed by atoms with E-state index < -0.39 is 6.04 Å². The smallest absolute Gasteiger partial charge is 0.243 e. The van der Waals surface area contributed by atoms with E-state index >= 15 is 0 Å². The maximum absolute atomic E-state index is 13.6. The zero-order valence-electron chi connectivity index (χ0n) is 19.2. The Hall–Kier alpha value is -2.92. The van der Waals surface area contributed by atoms with Gasteiger partial charge in [0.2, 0.25) is 11.8 Å². The van der Waals surface area contributed by atoms with Gasteiger partial charge < -0.3 is 10.2 Å². The summed E-state index contributed by atoms with van der Waals surface area (Å²) in [6, 6.07) is 26.9. The molecule has 3 rings (SSSR count). The Morgan fingerprint density at radius 3 is 2.09 bits per heavy atom. The third-order valence-electron chi connectivity index (χ3n) is 5.71. The highest BCUT2D eigenvalue weighted by atomic mass is 79.9. The second kappa shape index (κ2) is 12.4. The number of nitrogens with one attached hydrogen (secondary N) is 1. The average molecular weight is 507 g/mol. The average Bonchev–Trinajstić information content (AvgIpc) is 2.82. The number of nitrogens with zero attached hydrogens (tertiary/aromatic N) is 1. The SMILES string of the molecule is CC[C@H](C)NC(=O)[C@@H](Cc1ccccc1)N(Cc1cccc(Br)c1)C(=O)Cc1ccccc1. The van der Waals surface area contributed by atoms with E-state index in [0.29, 0.717) is 13.0 Å². The fourth-order valence-corrected chi connectivity index (χ4v) is 4.15. The summed E-state index contributed by atoms with van der Waals surface area (Å²) >= 11 is 3.52. The van der Waals surface area contributed by atoms with Crippen LogP contribution in [0.1, 0.15) is 37.0 Å². The molecule has 0 saturated heterocycles. The molecule has 33 heavy (non-hydrogen) atoms. The first-order valence-corrected chi connectivity index (χ1v) is 12.2. The van der Waals surface area contributed by atoms with E-state index in [0.717, 1.165) is 27.6 Å². The van der Waals surface area contributed by atoms with Crippen LogP contribution in [0.3, 0.4) is 0 Å². The standard InChI is InChI=1S/C28H31BrN2O2/c1-3-21(2)30-28(33)26(18-22-11-6-4-7-12-22)31(20-24-15-10-16-25(29)17-24)27(32)19-23-13-8-5-9-14-23/h4-17,21,26H,3,18-20H2,1-2H3,(H,30,33)/t21-,26+/m0/s1. The molecule has 1 N–H and O–H groups in total. The maximum Gasteiger partial charge on any atom is 0.243 e. The molecule has 0 unspecified atom stereocenters. The molecule has 0 aromatic heterocycles. The van der Waals surface area contributed by atoms with Gasteiger partial charge in [-0.2, -0.15) is 0 Å². The topological polar surface area (TPSA) is 49.4 Å². The Labute approximate surface area is 205 Å². The summed E-state index contributed by atoms with van der Waals surface area (Å²) < 4.78 is 0.944. The molecule has 4 nitrogen and oxygen atoms in total. The number of halogens is 1. The van der Waals surface area contributed by atoms with E-state index in [1.807, 2.05) is 98.8 Å². The fraction of sp³-hybridized carbons (Fsp3) is 0.286. The minimum Gasteiger partial charge on any atom is -0.352 e. The van der Waals surface area contributed by atoms with Crippen LogP contribution < -0.4 is 5.32 Å². The Morgan fingerprint density at radius 1 is 0.879 bits per heavy atom. The predicted molar refractivity (Wildman–Crippen MR) is 137 cm³/mol. The van der Waals surface area contributed by atoms with Crippen LogP contribution in [0.2, 0.25) is 0 Å². The number of benzene rings is 3. The van der Waals surface area contributed by atoms with Crippen molar-refractivity contribution in [1.82, 2.24) is 10.2 Å². The van der Waals surface area contributed by atoms with Gasteiger partial charge in [-0.1, -0.05) is 95.7 Å². The van der Waals surface area contributed by atoms with Crippen LogP contribution in [0.5, 0.6) is 0 Å². The molecule has 5 heteroatoms. The molecule has 0 saturated carbocycles. The quantitative estimate of drug-likeness (QED) is 0.392. The van der Waals surface area contributed by atoms with E-state index in [4.69, 9.17) is 0 Å². The summed E-state index contributed by atoms with van der Waals surface area (Å²) in [5.41, 5.74) is 2.93. The number of rotatable bonds is 10. The van der Waals surface area contributed by atoms with Gasteiger partial charge in [-0.05, 0) is 42.2 Å². The van der Waals surface area contributed by atoms with Crippen molar-refractivity contribution in [3.8, 4) is 0 Å². The third kappa shape index (κ3) is 7.57. The number of hydrogen-bond donors (Lipinski definition) is 1. The normalized spacial score (nSPS) is 12.6. The highest BCUT2D eigenvalue weighted by molar-refractivity contribution is 9.10. The summed E-state index contributed by atoms with van der Waals surface area (Å²) in [5.74, 6) is -0.189. The van der Waals surface area contributed by atoms with Crippen molar-refractivity contribution in [1.29, 1.82) is 0 Å². The first-order valence-electron chi connectivity index (χ1n) is 11.4. The molecule has 3 aromatic carbocycles. The van der Waals surface area contributed by atoms with Crippen molar-refractivity contribution in [3.05, 3.63) is 106 Å². The molecular formula is C28H31BrN2O2. The van der Waals surface area contributed by atoms with E-state index in [1.54, 1.807) is 4.90 Å². The molecule has 0 spiro atoms. The monoisotopic (exact) mass is 506 g/mol. The molecular weight excluding hydrogens is 476 g/mol. The molecule has 0 aliphatic rings. The lowest BCUT2D eigenvalue weighted by molar-refractivity contribution is -0.141. The van der Waals surface area contributed by atoms with Gasteiger partial charge in [0, 0.05) is 23.5 Å². The van der Waals surface area contributed by atoms with Crippen molar-refractivity contribution in [2.24, 2.45) is 0 Å². The van der Waals surface area contributed by atoms with E-state index in [-0.39, 0.29) is 24.3 Å². The highest BCUT2D eigenvalue weighted by Gasteiger charge is 2.31. The number of hydrogen-bond acceptors (Lipinski definition) is 2. The number of carbonyl (C=O) groups excluding carboxylic acids is 2. The Kier molecular flexibility index (Phi) is 9.25. The Morgan fingerprint density at radius 2 is 1.48 bits per heavy atom. The van der Waals surface area contributed by atoms with Crippen molar-refractivity contribution >= 4 is 27.7 Å². The Bertz CT molecular complexity index is 1040. The molecule has 2 amide bonds. The second-order valence-corrected chi connectivity index (χ2v) is 9.25. The van der Waals surface area contributed by atoms with Crippen molar-refractivity contribution in [3.63, 3.8) is 0 Å². The lowest BCUT2D eigenvalue weighted by Gasteiger charge is -2.32. The highest BCUT2D eigenvalue weighted by Crippen LogP contribution is 2.19. The largest absolute Gasteiger partial charge is 0.352 e. The molecule has 0 fully saturated rings. The van der Waals surface area contributed by atoms with Gasteiger partial charge in [-0.15, -0.1) is 0 Å². The van der Waals surface area contributed by atoms with Crippen LogP contribution in [-0.2, 0) is 29.0 Å². The molecule has 0 heterocycles. The lowest BCUT2D eigenvalue weighted by Crippen LogP contribution is -2.52. The summed E-state index contributed by atoms with van der Waals surface area (Å²) in [7, 11) is 0. The first-order chi connectivity index (χ1) is 16.0.